The first-order valence-corrected chi connectivity index (χ1v) is 6.34. The largest absolute Gasteiger partial charge is 0.496 e. The van der Waals surface area contributed by atoms with Gasteiger partial charge >= 0.3 is 0 Å². The lowest BCUT2D eigenvalue weighted by Crippen LogP contribution is -2.28. The van der Waals surface area contributed by atoms with E-state index in [1.54, 1.807) is 7.11 Å². The lowest BCUT2D eigenvalue weighted by Gasteiger charge is -2.27. The molecule has 3 nitrogen and oxygen atoms in total. The van der Waals surface area contributed by atoms with Crippen molar-refractivity contribution >= 4 is 5.84 Å². The molecule has 1 aromatic rings. The number of hydrogen-bond donors (Lipinski definition) is 1. The highest BCUT2D eigenvalue weighted by Gasteiger charge is 2.27. The van der Waals surface area contributed by atoms with Gasteiger partial charge in [-0.25, -0.2) is 0 Å². The van der Waals surface area contributed by atoms with Crippen LogP contribution in [0.3, 0.4) is 0 Å². The minimum Gasteiger partial charge on any atom is -0.496 e. The molecule has 3 rings (SSSR count). The van der Waals surface area contributed by atoms with Crippen LogP contribution in [0, 0.1) is 0 Å². The third-order valence-corrected chi connectivity index (χ3v) is 3.71. The lowest BCUT2D eigenvalue weighted by molar-refractivity contribution is 0.405. The van der Waals surface area contributed by atoms with Crippen LogP contribution in [0.5, 0.6) is 5.75 Å². The van der Waals surface area contributed by atoms with Crippen molar-refractivity contribution in [3.05, 3.63) is 29.3 Å². The molecule has 17 heavy (non-hydrogen) atoms. The van der Waals surface area contributed by atoms with E-state index < -0.39 is 0 Å². The Hall–Kier alpha value is -1.51. The fraction of sp³-hybridized carbons (Fsp3) is 0.500. The number of ether oxygens (including phenoxy) is 1. The summed E-state index contributed by atoms with van der Waals surface area (Å²) in [5.41, 5.74) is 2.78. The standard InChI is InChI=1S/C14H18N2O/c1-17-13-7-3-4-10-11(13)5-2-6-12(10)14-15-8-9-16-14/h3-4,7,12H,2,5-6,8-9H2,1H3,(H,15,16). The van der Waals surface area contributed by atoms with E-state index in [0.717, 1.165) is 25.3 Å². The molecular formula is C14H18N2O. The summed E-state index contributed by atoms with van der Waals surface area (Å²) in [4.78, 5) is 4.58. The van der Waals surface area contributed by atoms with Gasteiger partial charge in [0.1, 0.15) is 11.6 Å². The monoisotopic (exact) mass is 230 g/mol. The SMILES string of the molecule is COc1cccc2c1CCCC2C1=NCCN1. The summed E-state index contributed by atoms with van der Waals surface area (Å²) in [5, 5.41) is 3.41. The Labute approximate surface area is 102 Å². The van der Waals surface area contributed by atoms with E-state index in [9.17, 15) is 0 Å². The second-order valence-corrected chi connectivity index (χ2v) is 4.67. The number of hydrogen-bond acceptors (Lipinski definition) is 3. The molecule has 0 fully saturated rings. The molecule has 0 aromatic heterocycles. The van der Waals surface area contributed by atoms with Crippen LogP contribution in [-0.2, 0) is 6.42 Å². The molecule has 1 atom stereocenters. The fourth-order valence-corrected chi connectivity index (χ4v) is 2.94. The molecule has 0 spiro atoms. The van der Waals surface area contributed by atoms with Crippen LogP contribution in [0.4, 0.5) is 0 Å². The van der Waals surface area contributed by atoms with Crippen LogP contribution < -0.4 is 10.1 Å². The van der Waals surface area contributed by atoms with Crippen molar-refractivity contribution in [2.45, 2.75) is 25.2 Å². The summed E-state index contributed by atoms with van der Waals surface area (Å²) in [6.07, 6.45) is 3.55. The van der Waals surface area contributed by atoms with E-state index in [1.807, 2.05) is 0 Å². The van der Waals surface area contributed by atoms with Crippen LogP contribution in [0.25, 0.3) is 0 Å². The molecule has 1 aliphatic carbocycles. The van der Waals surface area contributed by atoms with Crippen molar-refractivity contribution in [1.82, 2.24) is 5.32 Å². The van der Waals surface area contributed by atoms with E-state index in [4.69, 9.17) is 4.74 Å². The molecule has 1 unspecified atom stereocenters. The van der Waals surface area contributed by atoms with Crippen molar-refractivity contribution in [3.8, 4) is 5.75 Å². The highest BCUT2D eigenvalue weighted by Crippen LogP contribution is 2.37. The maximum absolute atomic E-state index is 5.46. The quantitative estimate of drug-likeness (QED) is 0.844. The number of nitrogens with zero attached hydrogens (tertiary/aromatic N) is 1. The Morgan fingerprint density at radius 3 is 3.12 bits per heavy atom. The maximum atomic E-state index is 5.46. The summed E-state index contributed by atoms with van der Waals surface area (Å²) >= 11 is 0. The molecule has 1 N–H and O–H groups in total. The van der Waals surface area contributed by atoms with E-state index in [1.165, 1.54) is 29.8 Å². The van der Waals surface area contributed by atoms with E-state index in [2.05, 4.69) is 28.5 Å². The first kappa shape index (κ1) is 10.6. The van der Waals surface area contributed by atoms with Gasteiger partial charge in [0.15, 0.2) is 0 Å². The zero-order valence-electron chi connectivity index (χ0n) is 10.2. The van der Waals surface area contributed by atoms with Gasteiger partial charge in [-0.1, -0.05) is 12.1 Å². The Balaban J connectivity index is 2.01. The average Bonchev–Trinajstić information content (AvgIpc) is 2.91. The number of benzene rings is 1. The van der Waals surface area contributed by atoms with Crippen LogP contribution in [-0.4, -0.2) is 26.0 Å². The smallest absolute Gasteiger partial charge is 0.122 e. The Kier molecular flexibility index (Phi) is 2.75. The van der Waals surface area contributed by atoms with Gasteiger partial charge in [-0.2, -0.15) is 0 Å². The van der Waals surface area contributed by atoms with Gasteiger partial charge < -0.3 is 10.1 Å². The summed E-state index contributed by atoms with van der Waals surface area (Å²) in [6.45, 7) is 1.91. The lowest BCUT2D eigenvalue weighted by atomic mass is 9.81. The van der Waals surface area contributed by atoms with E-state index in [-0.39, 0.29) is 0 Å². The topological polar surface area (TPSA) is 33.6 Å². The summed E-state index contributed by atoms with van der Waals surface area (Å²) < 4.78 is 5.46. The number of amidine groups is 1. The molecule has 0 saturated carbocycles. The first-order valence-electron chi connectivity index (χ1n) is 6.34. The van der Waals surface area contributed by atoms with Gasteiger partial charge in [-0.15, -0.1) is 0 Å². The highest BCUT2D eigenvalue weighted by atomic mass is 16.5. The van der Waals surface area contributed by atoms with E-state index in [0.29, 0.717) is 5.92 Å². The van der Waals surface area contributed by atoms with E-state index >= 15 is 0 Å². The average molecular weight is 230 g/mol. The van der Waals surface area contributed by atoms with Crippen LogP contribution in [0.2, 0.25) is 0 Å². The normalized spacial score (nSPS) is 22.6. The first-order chi connectivity index (χ1) is 8.40. The minimum atomic E-state index is 0.455. The van der Waals surface area contributed by atoms with Gasteiger partial charge in [0.25, 0.3) is 0 Å². The van der Waals surface area contributed by atoms with Crippen molar-refractivity contribution in [3.63, 3.8) is 0 Å². The van der Waals surface area contributed by atoms with Crippen molar-refractivity contribution < 1.29 is 4.74 Å². The van der Waals surface area contributed by atoms with Gasteiger partial charge in [-0.3, -0.25) is 4.99 Å². The summed E-state index contributed by atoms with van der Waals surface area (Å²) in [7, 11) is 1.75. The third kappa shape index (κ3) is 1.79. The Morgan fingerprint density at radius 1 is 1.41 bits per heavy atom. The molecule has 0 amide bonds. The number of rotatable bonds is 2. The molecule has 1 heterocycles. The highest BCUT2D eigenvalue weighted by molar-refractivity contribution is 5.90. The summed E-state index contributed by atoms with van der Waals surface area (Å²) in [6, 6.07) is 6.38. The molecule has 0 radical (unpaired) electrons. The van der Waals surface area contributed by atoms with Gasteiger partial charge in [0, 0.05) is 12.5 Å². The minimum absolute atomic E-state index is 0.455. The number of aliphatic imine (C=N–C) groups is 1. The molecular weight excluding hydrogens is 212 g/mol. The van der Waals surface area contributed by atoms with Crippen LogP contribution in [0.1, 0.15) is 29.9 Å². The fourth-order valence-electron chi connectivity index (χ4n) is 2.94. The molecule has 3 heteroatoms. The zero-order chi connectivity index (χ0) is 11.7. The predicted octanol–water partition coefficient (Wildman–Crippen LogP) is 2.12. The van der Waals surface area contributed by atoms with Crippen molar-refractivity contribution in [2.75, 3.05) is 20.2 Å². The van der Waals surface area contributed by atoms with Crippen LogP contribution in [0.15, 0.2) is 23.2 Å². The molecule has 2 aliphatic rings. The molecule has 0 bridgehead atoms. The van der Waals surface area contributed by atoms with Crippen LogP contribution >= 0.6 is 0 Å². The number of methoxy groups -OCH3 is 1. The molecule has 1 aromatic carbocycles. The third-order valence-electron chi connectivity index (χ3n) is 3.71. The second kappa shape index (κ2) is 4.40. The maximum Gasteiger partial charge on any atom is 0.122 e. The zero-order valence-corrected chi connectivity index (χ0v) is 10.2. The van der Waals surface area contributed by atoms with Gasteiger partial charge in [0.05, 0.1) is 13.7 Å². The Bertz CT molecular complexity index is 454. The van der Waals surface area contributed by atoms with Gasteiger partial charge in [0.2, 0.25) is 0 Å². The molecule has 90 valence electrons. The van der Waals surface area contributed by atoms with Gasteiger partial charge in [-0.05, 0) is 36.5 Å². The van der Waals surface area contributed by atoms with Crippen molar-refractivity contribution in [1.29, 1.82) is 0 Å². The Morgan fingerprint density at radius 2 is 2.35 bits per heavy atom. The molecule has 1 aliphatic heterocycles. The predicted molar refractivity (Wildman–Crippen MR) is 69.0 cm³/mol. The second-order valence-electron chi connectivity index (χ2n) is 4.67. The van der Waals surface area contributed by atoms with Crippen molar-refractivity contribution in [2.24, 2.45) is 4.99 Å². The molecule has 0 saturated heterocycles. The number of fused-ring (bicyclic) bond motifs is 1. The summed E-state index contributed by atoms with van der Waals surface area (Å²) in [5.74, 6) is 2.67. The number of nitrogens with one attached hydrogen (secondary N) is 1.